The number of aliphatic carboxylic acids is 1. The van der Waals surface area contributed by atoms with E-state index in [9.17, 15) is 0 Å². The van der Waals surface area contributed by atoms with Crippen molar-refractivity contribution < 1.29 is 9.90 Å². The molecule has 0 fully saturated rings. The molecule has 1 aromatic rings. The van der Waals surface area contributed by atoms with Crippen molar-refractivity contribution in [3.8, 4) is 0 Å². The first-order chi connectivity index (χ1) is 6.16. The zero-order valence-electron chi connectivity index (χ0n) is 7.95. The molecule has 0 aliphatic heterocycles. The quantitative estimate of drug-likeness (QED) is 0.739. The minimum atomic E-state index is -0.833. The van der Waals surface area contributed by atoms with Crippen molar-refractivity contribution in [2.75, 3.05) is 6.16 Å². The fraction of sp³-hybridized carbons (Fsp3) is 0.300. The summed E-state index contributed by atoms with van der Waals surface area (Å²) in [4.78, 5) is 9.00. The van der Waals surface area contributed by atoms with E-state index in [2.05, 4.69) is 37.3 Å². The second kappa shape index (κ2) is 7.75. The number of hydrogen-bond acceptors (Lipinski definition) is 1. The van der Waals surface area contributed by atoms with Crippen LogP contribution in [0.1, 0.15) is 13.8 Å². The molecule has 13 heavy (non-hydrogen) atoms. The molecule has 1 atom stereocenters. The van der Waals surface area contributed by atoms with Crippen LogP contribution in [0.5, 0.6) is 0 Å². The van der Waals surface area contributed by atoms with Crippen LogP contribution in [0.25, 0.3) is 0 Å². The Kier molecular flexibility index (Phi) is 7.23. The Morgan fingerprint density at radius 3 is 2.23 bits per heavy atom. The van der Waals surface area contributed by atoms with E-state index in [0.717, 1.165) is 15.5 Å². The summed E-state index contributed by atoms with van der Waals surface area (Å²) in [6.45, 7) is 3.30. The smallest absolute Gasteiger partial charge is 0.300 e. The van der Waals surface area contributed by atoms with E-state index in [-0.39, 0.29) is 0 Å². The average Bonchev–Trinajstić information content (AvgIpc) is 2.06. The molecule has 1 aromatic carbocycles. The number of rotatable bonds is 2. The molecule has 2 nitrogen and oxygen atoms in total. The molecule has 3 heteroatoms. The minimum absolute atomic E-state index is 0.833. The highest BCUT2D eigenvalue weighted by atomic mass is 31.1. The van der Waals surface area contributed by atoms with Crippen molar-refractivity contribution in [1.29, 1.82) is 0 Å². The van der Waals surface area contributed by atoms with Crippen molar-refractivity contribution in [3.63, 3.8) is 0 Å². The predicted octanol–water partition coefficient (Wildman–Crippen LogP) is 2.10. The van der Waals surface area contributed by atoms with Crippen LogP contribution in [0.15, 0.2) is 30.3 Å². The predicted molar refractivity (Wildman–Crippen MR) is 58.2 cm³/mol. The van der Waals surface area contributed by atoms with Crippen molar-refractivity contribution in [2.24, 2.45) is 0 Å². The maximum absolute atomic E-state index is 9.00. The molecule has 0 spiro atoms. The average molecular weight is 198 g/mol. The van der Waals surface area contributed by atoms with Gasteiger partial charge in [-0.3, -0.25) is 4.79 Å². The molecule has 1 rings (SSSR count). The van der Waals surface area contributed by atoms with Crippen LogP contribution in [-0.2, 0) is 4.79 Å². The van der Waals surface area contributed by atoms with Gasteiger partial charge in [0.1, 0.15) is 0 Å². The zero-order chi connectivity index (χ0) is 10.1. The highest BCUT2D eigenvalue weighted by Crippen LogP contribution is 2.06. The number of carboxylic acid groups (broad SMARTS) is 1. The van der Waals surface area contributed by atoms with E-state index >= 15 is 0 Å². The van der Waals surface area contributed by atoms with Crippen LogP contribution in [0.3, 0.4) is 0 Å². The van der Waals surface area contributed by atoms with E-state index in [1.165, 1.54) is 11.5 Å². The second-order valence-corrected chi connectivity index (χ2v) is 4.05. The first kappa shape index (κ1) is 12.1. The third-order valence-electron chi connectivity index (χ3n) is 1.15. The molecule has 0 saturated carbocycles. The molecule has 0 aliphatic carbocycles. The van der Waals surface area contributed by atoms with Crippen LogP contribution < -0.4 is 5.30 Å². The molecule has 0 heterocycles. The lowest BCUT2D eigenvalue weighted by atomic mass is 10.4. The first-order valence-corrected chi connectivity index (χ1v) is 5.36. The first-order valence-electron chi connectivity index (χ1n) is 4.15. The molecule has 0 saturated heterocycles. The topological polar surface area (TPSA) is 37.3 Å². The Labute approximate surface area is 80.8 Å². The summed E-state index contributed by atoms with van der Waals surface area (Å²) in [6.07, 6.45) is 1.27. The Hall–Kier alpha value is -0.880. The van der Waals surface area contributed by atoms with Crippen molar-refractivity contribution in [1.82, 2.24) is 0 Å². The molecule has 0 radical (unpaired) electrons. The molecule has 0 amide bonds. The Morgan fingerprint density at radius 2 is 1.85 bits per heavy atom. The van der Waals surface area contributed by atoms with Gasteiger partial charge in [-0.05, 0) is 11.5 Å². The van der Waals surface area contributed by atoms with Gasteiger partial charge >= 0.3 is 0 Å². The monoisotopic (exact) mass is 198 g/mol. The fourth-order valence-electron chi connectivity index (χ4n) is 0.760. The van der Waals surface area contributed by atoms with E-state index in [1.807, 2.05) is 0 Å². The van der Waals surface area contributed by atoms with Gasteiger partial charge in [0, 0.05) is 6.92 Å². The summed E-state index contributed by atoms with van der Waals surface area (Å²) in [5.74, 6) is -0.833. The lowest BCUT2D eigenvalue weighted by molar-refractivity contribution is -0.134. The lowest BCUT2D eigenvalue weighted by Gasteiger charge is -1.94. The molecule has 0 bridgehead atoms. The SMILES string of the molecule is CC(=O)O.CCPc1ccccc1. The Morgan fingerprint density at radius 1 is 1.38 bits per heavy atom. The van der Waals surface area contributed by atoms with Crippen LogP contribution in [0, 0.1) is 0 Å². The lowest BCUT2D eigenvalue weighted by Crippen LogP contribution is -1.90. The van der Waals surface area contributed by atoms with Gasteiger partial charge in [-0.15, -0.1) is 0 Å². The number of hydrogen-bond donors (Lipinski definition) is 1. The normalized spacial score (nSPS) is 9.38. The van der Waals surface area contributed by atoms with Crippen LogP contribution in [0.4, 0.5) is 0 Å². The van der Waals surface area contributed by atoms with E-state index in [4.69, 9.17) is 9.90 Å². The van der Waals surface area contributed by atoms with E-state index in [0.29, 0.717) is 0 Å². The minimum Gasteiger partial charge on any atom is -0.481 e. The van der Waals surface area contributed by atoms with Gasteiger partial charge in [0.05, 0.1) is 0 Å². The van der Waals surface area contributed by atoms with Crippen molar-refractivity contribution in [3.05, 3.63) is 30.3 Å². The van der Waals surface area contributed by atoms with Crippen LogP contribution in [0.2, 0.25) is 0 Å². The number of carbonyl (C=O) groups is 1. The number of benzene rings is 1. The van der Waals surface area contributed by atoms with Gasteiger partial charge in [-0.1, -0.05) is 45.8 Å². The van der Waals surface area contributed by atoms with Crippen molar-refractivity contribution in [2.45, 2.75) is 13.8 Å². The van der Waals surface area contributed by atoms with Gasteiger partial charge < -0.3 is 5.11 Å². The molecule has 1 unspecified atom stereocenters. The summed E-state index contributed by atoms with van der Waals surface area (Å²) in [6, 6.07) is 10.6. The van der Waals surface area contributed by atoms with E-state index < -0.39 is 5.97 Å². The third-order valence-corrected chi connectivity index (χ3v) is 2.25. The number of carboxylic acids is 1. The summed E-state index contributed by atoms with van der Waals surface area (Å²) >= 11 is 0. The standard InChI is InChI=1S/C8H11P.C2H4O2/c1-2-9-8-6-4-3-5-7-8;1-2(3)4/h3-7,9H,2H2,1H3;1H3,(H,3,4). The molecular weight excluding hydrogens is 183 g/mol. The largest absolute Gasteiger partial charge is 0.481 e. The molecule has 1 N–H and O–H groups in total. The van der Waals surface area contributed by atoms with E-state index in [1.54, 1.807) is 0 Å². The Balaban J connectivity index is 0.000000310. The highest BCUT2D eigenvalue weighted by Gasteiger charge is 1.84. The van der Waals surface area contributed by atoms with Crippen LogP contribution >= 0.6 is 8.58 Å². The van der Waals surface area contributed by atoms with Gasteiger partial charge in [-0.25, -0.2) is 0 Å². The summed E-state index contributed by atoms with van der Waals surface area (Å²) in [7, 11) is 0.987. The zero-order valence-corrected chi connectivity index (χ0v) is 8.95. The summed E-state index contributed by atoms with van der Waals surface area (Å²) in [5.41, 5.74) is 0. The maximum atomic E-state index is 9.00. The maximum Gasteiger partial charge on any atom is 0.300 e. The third kappa shape index (κ3) is 9.03. The van der Waals surface area contributed by atoms with Gasteiger partial charge in [-0.2, -0.15) is 0 Å². The Bertz CT molecular complexity index is 230. The molecule has 72 valence electrons. The van der Waals surface area contributed by atoms with Gasteiger partial charge in [0.25, 0.3) is 5.97 Å². The van der Waals surface area contributed by atoms with Gasteiger partial charge in [0.2, 0.25) is 0 Å². The second-order valence-electron chi connectivity index (χ2n) is 2.42. The summed E-state index contributed by atoms with van der Waals surface area (Å²) in [5, 5.41) is 8.89. The molecule has 0 aromatic heterocycles. The van der Waals surface area contributed by atoms with Gasteiger partial charge in [0.15, 0.2) is 0 Å². The van der Waals surface area contributed by atoms with Crippen molar-refractivity contribution >= 4 is 19.9 Å². The molecule has 0 aliphatic rings. The molecular formula is C10H15O2P. The van der Waals surface area contributed by atoms with Crippen LogP contribution in [-0.4, -0.2) is 17.2 Å². The fourth-order valence-corrected chi connectivity index (χ4v) is 1.60. The highest BCUT2D eigenvalue weighted by molar-refractivity contribution is 7.47. The summed E-state index contributed by atoms with van der Waals surface area (Å²) < 4.78 is 0.